The van der Waals surface area contributed by atoms with Crippen LogP contribution in [0.4, 0.5) is 5.82 Å². The first-order chi connectivity index (χ1) is 9.47. The van der Waals surface area contributed by atoms with Crippen molar-refractivity contribution < 1.29 is 18.8 Å². The molecule has 6 nitrogen and oxygen atoms in total. The smallest absolute Gasteiger partial charge is 0.349 e. The van der Waals surface area contributed by atoms with Crippen molar-refractivity contribution in [3.05, 3.63) is 33.7 Å². The number of amides is 1. The molecule has 1 N–H and O–H groups in total. The number of nitrogens with zero attached hydrogens (tertiary/aromatic N) is 1. The Labute approximate surface area is 119 Å². The van der Waals surface area contributed by atoms with Gasteiger partial charge in [-0.2, -0.15) is 0 Å². The summed E-state index contributed by atoms with van der Waals surface area (Å²) in [6.45, 7) is 5.03. The molecule has 106 valence electrons. The average molecular weight is 294 g/mol. The van der Waals surface area contributed by atoms with Crippen molar-refractivity contribution in [3.8, 4) is 0 Å². The molecule has 0 aliphatic heterocycles. The Morgan fingerprint density at radius 1 is 1.45 bits per heavy atom. The zero-order chi connectivity index (χ0) is 14.7. The summed E-state index contributed by atoms with van der Waals surface area (Å²) < 4.78 is 9.95. The predicted octanol–water partition coefficient (Wildman–Crippen LogP) is 2.54. The molecule has 2 rings (SSSR count). The topological polar surface area (TPSA) is 81.4 Å². The molecule has 0 bridgehead atoms. The molecule has 1 unspecified atom stereocenters. The van der Waals surface area contributed by atoms with Gasteiger partial charge in [0.1, 0.15) is 10.6 Å². The van der Waals surface area contributed by atoms with Crippen LogP contribution in [-0.4, -0.2) is 23.1 Å². The van der Waals surface area contributed by atoms with Crippen LogP contribution in [0.1, 0.15) is 27.9 Å². The fourth-order valence-corrected chi connectivity index (χ4v) is 2.31. The molecule has 0 aliphatic rings. The van der Waals surface area contributed by atoms with Crippen LogP contribution in [0.5, 0.6) is 0 Å². The highest BCUT2D eigenvalue weighted by Crippen LogP contribution is 2.17. The quantitative estimate of drug-likeness (QED) is 0.876. The third kappa shape index (κ3) is 3.24. The molecule has 0 aromatic carbocycles. The lowest BCUT2D eigenvalue weighted by molar-refractivity contribution is -0.123. The molecule has 2 aromatic rings. The first kappa shape index (κ1) is 14.3. The van der Waals surface area contributed by atoms with E-state index in [-0.39, 0.29) is 0 Å². The number of hydrogen-bond donors (Lipinski definition) is 1. The summed E-state index contributed by atoms with van der Waals surface area (Å²) in [5, 5.41) is 7.95. The number of carbonyl (C=O) groups is 2. The van der Waals surface area contributed by atoms with E-state index in [1.807, 2.05) is 13.0 Å². The minimum absolute atomic E-state index is 0.294. The van der Waals surface area contributed by atoms with Crippen molar-refractivity contribution in [3.63, 3.8) is 0 Å². The van der Waals surface area contributed by atoms with Crippen LogP contribution in [-0.2, 0) is 9.53 Å². The number of aromatic nitrogens is 1. The van der Waals surface area contributed by atoms with Gasteiger partial charge in [-0.3, -0.25) is 4.79 Å². The molecule has 2 heterocycles. The zero-order valence-electron chi connectivity index (χ0n) is 11.3. The van der Waals surface area contributed by atoms with Gasteiger partial charge in [0.2, 0.25) is 0 Å². The first-order valence-corrected chi connectivity index (χ1v) is 6.84. The number of hydrogen-bond acceptors (Lipinski definition) is 6. The molecule has 1 amide bonds. The van der Waals surface area contributed by atoms with Gasteiger partial charge in [0, 0.05) is 6.07 Å². The van der Waals surface area contributed by atoms with E-state index in [0.29, 0.717) is 16.5 Å². The lowest BCUT2D eigenvalue weighted by atomic mass is 10.3. The van der Waals surface area contributed by atoms with E-state index in [9.17, 15) is 9.59 Å². The molecule has 20 heavy (non-hydrogen) atoms. The second-order valence-electron chi connectivity index (χ2n) is 4.29. The Bertz CT molecular complexity index is 632. The standard InChI is InChI=1S/C13H14N2O4S/c1-7-4-5-20-11(7)13(17)18-9(3)12(16)14-10-6-8(2)19-15-10/h4-6,9H,1-3H3,(H,14,15,16). The highest BCUT2D eigenvalue weighted by atomic mass is 32.1. The van der Waals surface area contributed by atoms with E-state index in [1.54, 1.807) is 18.4 Å². The van der Waals surface area contributed by atoms with Crippen LogP contribution >= 0.6 is 11.3 Å². The Morgan fingerprint density at radius 3 is 2.75 bits per heavy atom. The summed E-state index contributed by atoms with van der Waals surface area (Å²) in [6, 6.07) is 3.40. The fourth-order valence-electron chi connectivity index (χ4n) is 1.50. The normalized spacial score (nSPS) is 11.9. The third-order valence-corrected chi connectivity index (χ3v) is 3.58. The minimum atomic E-state index is -0.916. The molecule has 0 saturated carbocycles. The number of rotatable bonds is 4. The van der Waals surface area contributed by atoms with Gasteiger partial charge < -0.3 is 14.6 Å². The minimum Gasteiger partial charge on any atom is -0.448 e. The Balaban J connectivity index is 1.94. The number of nitrogens with one attached hydrogen (secondary N) is 1. The lowest BCUT2D eigenvalue weighted by Crippen LogP contribution is -2.30. The van der Waals surface area contributed by atoms with Crippen molar-refractivity contribution in [1.29, 1.82) is 0 Å². The van der Waals surface area contributed by atoms with Crippen molar-refractivity contribution in [1.82, 2.24) is 5.16 Å². The van der Waals surface area contributed by atoms with Gasteiger partial charge in [-0.25, -0.2) is 4.79 Å². The number of aryl methyl sites for hydroxylation is 2. The molecule has 2 aromatic heterocycles. The predicted molar refractivity (Wildman–Crippen MR) is 73.8 cm³/mol. The van der Waals surface area contributed by atoms with Gasteiger partial charge in [0.15, 0.2) is 11.9 Å². The van der Waals surface area contributed by atoms with Crippen LogP contribution in [0.25, 0.3) is 0 Å². The summed E-state index contributed by atoms with van der Waals surface area (Å²) in [6.07, 6.45) is -0.916. The molecular formula is C13H14N2O4S. The van der Waals surface area contributed by atoms with Crippen molar-refractivity contribution in [2.45, 2.75) is 26.9 Å². The molecule has 7 heteroatoms. The molecule has 0 fully saturated rings. The van der Waals surface area contributed by atoms with Crippen molar-refractivity contribution in [2.75, 3.05) is 5.32 Å². The number of esters is 1. The van der Waals surface area contributed by atoms with Crippen LogP contribution in [0, 0.1) is 13.8 Å². The molecule has 0 radical (unpaired) electrons. The molecule has 0 saturated heterocycles. The first-order valence-electron chi connectivity index (χ1n) is 5.96. The van der Waals surface area contributed by atoms with Gasteiger partial charge in [-0.15, -0.1) is 11.3 Å². The van der Waals surface area contributed by atoms with E-state index in [4.69, 9.17) is 9.26 Å². The summed E-state index contributed by atoms with van der Waals surface area (Å²) in [5.74, 6) is -0.0841. The maximum Gasteiger partial charge on any atom is 0.349 e. The average Bonchev–Trinajstić information content (AvgIpc) is 2.98. The van der Waals surface area contributed by atoms with Crippen molar-refractivity contribution in [2.24, 2.45) is 0 Å². The number of thiophene rings is 1. The third-order valence-electron chi connectivity index (χ3n) is 2.58. The van der Waals surface area contributed by atoms with Crippen LogP contribution in [0.3, 0.4) is 0 Å². The zero-order valence-corrected chi connectivity index (χ0v) is 12.1. The summed E-state index contributed by atoms with van der Waals surface area (Å²) in [7, 11) is 0. The van der Waals surface area contributed by atoms with E-state index in [2.05, 4.69) is 10.5 Å². The number of anilines is 1. The van der Waals surface area contributed by atoms with Gasteiger partial charge in [0.05, 0.1) is 0 Å². The molecular weight excluding hydrogens is 280 g/mol. The van der Waals surface area contributed by atoms with Crippen LogP contribution < -0.4 is 5.32 Å². The molecule has 0 aliphatic carbocycles. The van der Waals surface area contributed by atoms with E-state index >= 15 is 0 Å². The van der Waals surface area contributed by atoms with Gasteiger partial charge >= 0.3 is 5.97 Å². The van der Waals surface area contributed by atoms with Crippen LogP contribution in [0.2, 0.25) is 0 Å². The van der Waals surface area contributed by atoms with Gasteiger partial charge in [0.25, 0.3) is 5.91 Å². The highest BCUT2D eigenvalue weighted by molar-refractivity contribution is 7.12. The lowest BCUT2D eigenvalue weighted by Gasteiger charge is -2.11. The van der Waals surface area contributed by atoms with Crippen LogP contribution in [0.15, 0.2) is 22.0 Å². The van der Waals surface area contributed by atoms with E-state index in [1.165, 1.54) is 18.3 Å². The Kier molecular flexibility index (Phi) is 4.19. The van der Waals surface area contributed by atoms with E-state index in [0.717, 1.165) is 5.56 Å². The number of ether oxygens (including phenoxy) is 1. The second-order valence-corrected chi connectivity index (χ2v) is 5.21. The molecule has 0 spiro atoms. The Hall–Kier alpha value is -2.15. The largest absolute Gasteiger partial charge is 0.448 e. The fraction of sp³-hybridized carbons (Fsp3) is 0.308. The Morgan fingerprint density at radius 2 is 2.20 bits per heavy atom. The van der Waals surface area contributed by atoms with Gasteiger partial charge in [-0.05, 0) is 37.8 Å². The van der Waals surface area contributed by atoms with E-state index < -0.39 is 18.0 Å². The summed E-state index contributed by atoms with van der Waals surface area (Å²) >= 11 is 1.29. The summed E-state index contributed by atoms with van der Waals surface area (Å²) in [4.78, 5) is 24.2. The second kappa shape index (κ2) is 5.87. The maximum absolute atomic E-state index is 11.9. The number of carbonyl (C=O) groups excluding carboxylic acids is 2. The monoisotopic (exact) mass is 294 g/mol. The maximum atomic E-state index is 11.9. The van der Waals surface area contributed by atoms with Crippen molar-refractivity contribution >= 4 is 29.0 Å². The molecule has 1 atom stereocenters. The SMILES string of the molecule is Cc1cc(NC(=O)C(C)OC(=O)c2sccc2C)no1. The highest BCUT2D eigenvalue weighted by Gasteiger charge is 2.21. The van der Waals surface area contributed by atoms with Gasteiger partial charge in [-0.1, -0.05) is 5.16 Å². The summed E-state index contributed by atoms with van der Waals surface area (Å²) in [5.41, 5.74) is 0.833.